The van der Waals surface area contributed by atoms with Crippen LogP contribution >= 0.6 is 0 Å². The van der Waals surface area contributed by atoms with Crippen LogP contribution in [0.15, 0.2) is 53.4 Å². The molecule has 1 saturated heterocycles. The molecule has 0 aliphatic carbocycles. The van der Waals surface area contributed by atoms with Crippen LogP contribution in [-0.2, 0) is 14.8 Å². The Bertz CT molecular complexity index is 889. The van der Waals surface area contributed by atoms with E-state index in [9.17, 15) is 13.2 Å². The number of benzene rings is 2. The van der Waals surface area contributed by atoms with Crippen molar-refractivity contribution in [1.29, 1.82) is 0 Å². The molecule has 0 spiro atoms. The number of piperidine rings is 1. The molecule has 3 rings (SSSR count). The summed E-state index contributed by atoms with van der Waals surface area (Å²) in [5.74, 6) is -0.158. The minimum Gasteiger partial charge on any atom is -0.376 e. The molecule has 1 amide bonds. The van der Waals surface area contributed by atoms with E-state index in [0.29, 0.717) is 23.7 Å². The van der Waals surface area contributed by atoms with Gasteiger partial charge < -0.3 is 10.6 Å². The third kappa shape index (κ3) is 4.87. The second kappa shape index (κ2) is 8.54. The van der Waals surface area contributed by atoms with Crippen molar-refractivity contribution in [3.8, 4) is 0 Å². The average Bonchev–Trinajstić information content (AvgIpc) is 2.69. The molecule has 0 saturated carbocycles. The monoisotopic (exact) mass is 387 g/mol. The van der Waals surface area contributed by atoms with Gasteiger partial charge in [-0.1, -0.05) is 24.6 Å². The lowest BCUT2D eigenvalue weighted by Crippen LogP contribution is -2.35. The smallest absolute Gasteiger partial charge is 0.243 e. The first-order valence-corrected chi connectivity index (χ1v) is 10.6. The van der Waals surface area contributed by atoms with Gasteiger partial charge in [-0.05, 0) is 55.7 Å². The molecule has 6 nitrogen and oxygen atoms in total. The quantitative estimate of drug-likeness (QED) is 0.798. The number of hydrogen-bond donors (Lipinski definition) is 2. The van der Waals surface area contributed by atoms with Crippen LogP contribution in [-0.4, -0.2) is 38.3 Å². The van der Waals surface area contributed by atoms with Gasteiger partial charge in [0.05, 0.1) is 11.4 Å². The molecule has 27 heavy (non-hydrogen) atoms. The predicted molar refractivity (Wildman–Crippen MR) is 107 cm³/mol. The van der Waals surface area contributed by atoms with Gasteiger partial charge in [0.2, 0.25) is 15.9 Å². The molecule has 0 atom stereocenters. The molecule has 144 valence electrons. The topological polar surface area (TPSA) is 78.5 Å². The van der Waals surface area contributed by atoms with E-state index in [1.54, 1.807) is 28.6 Å². The number of para-hydroxylation sites is 1. The van der Waals surface area contributed by atoms with Crippen molar-refractivity contribution < 1.29 is 13.2 Å². The van der Waals surface area contributed by atoms with Crippen molar-refractivity contribution in [3.05, 3.63) is 54.1 Å². The average molecular weight is 388 g/mol. The van der Waals surface area contributed by atoms with Crippen molar-refractivity contribution in [3.63, 3.8) is 0 Å². The van der Waals surface area contributed by atoms with Crippen LogP contribution in [0.25, 0.3) is 0 Å². The lowest BCUT2D eigenvalue weighted by molar-refractivity contribution is -0.114. The highest BCUT2D eigenvalue weighted by Crippen LogP contribution is 2.22. The van der Waals surface area contributed by atoms with E-state index in [2.05, 4.69) is 10.6 Å². The Hall–Kier alpha value is -2.38. The number of sulfonamides is 1. The third-order valence-electron chi connectivity index (χ3n) is 4.68. The highest BCUT2D eigenvalue weighted by molar-refractivity contribution is 7.89. The maximum atomic E-state index is 12.6. The fraction of sp³-hybridized carbons (Fsp3) is 0.350. The normalized spacial score (nSPS) is 15.3. The highest BCUT2D eigenvalue weighted by atomic mass is 32.2. The van der Waals surface area contributed by atoms with Gasteiger partial charge in [0.1, 0.15) is 0 Å². The highest BCUT2D eigenvalue weighted by Gasteiger charge is 2.25. The van der Waals surface area contributed by atoms with Gasteiger partial charge in [0.15, 0.2) is 0 Å². The van der Waals surface area contributed by atoms with Gasteiger partial charge in [0.25, 0.3) is 0 Å². The molecule has 2 aromatic carbocycles. The zero-order valence-corrected chi connectivity index (χ0v) is 16.3. The van der Waals surface area contributed by atoms with Crippen molar-refractivity contribution in [2.75, 3.05) is 30.3 Å². The predicted octanol–water partition coefficient (Wildman–Crippen LogP) is 3.22. The Kier molecular flexibility index (Phi) is 6.13. The van der Waals surface area contributed by atoms with Crippen molar-refractivity contribution in [2.24, 2.45) is 0 Å². The van der Waals surface area contributed by atoms with Crippen molar-refractivity contribution >= 4 is 27.3 Å². The Labute approximate surface area is 160 Å². The minimum atomic E-state index is -3.43. The summed E-state index contributed by atoms with van der Waals surface area (Å²) in [5.41, 5.74) is 2.48. The second-order valence-electron chi connectivity index (χ2n) is 6.71. The Balaban J connectivity index is 1.57. The molecule has 2 N–H and O–H groups in total. The summed E-state index contributed by atoms with van der Waals surface area (Å²) >= 11 is 0. The van der Waals surface area contributed by atoms with Gasteiger partial charge in [-0.15, -0.1) is 0 Å². The van der Waals surface area contributed by atoms with Crippen LogP contribution in [0.5, 0.6) is 0 Å². The standard InChI is InChI=1S/C20H25N3O3S/c1-16-7-3-4-8-19(16)22-20(24)15-21-17-9-11-18(12-10-17)27(25,26)23-13-5-2-6-14-23/h3-4,7-12,21H,2,5-6,13-15H2,1H3,(H,22,24). The van der Waals surface area contributed by atoms with E-state index in [1.165, 1.54) is 0 Å². The number of rotatable bonds is 6. The van der Waals surface area contributed by atoms with E-state index in [0.717, 1.165) is 30.5 Å². The van der Waals surface area contributed by atoms with Crippen LogP contribution in [0.4, 0.5) is 11.4 Å². The van der Waals surface area contributed by atoms with E-state index >= 15 is 0 Å². The zero-order valence-electron chi connectivity index (χ0n) is 15.4. The molecule has 0 bridgehead atoms. The van der Waals surface area contributed by atoms with E-state index in [4.69, 9.17) is 0 Å². The summed E-state index contributed by atoms with van der Waals surface area (Å²) in [4.78, 5) is 12.4. The van der Waals surface area contributed by atoms with Gasteiger partial charge in [0, 0.05) is 24.5 Å². The molecule has 1 aliphatic rings. The van der Waals surface area contributed by atoms with Gasteiger partial charge in [-0.25, -0.2) is 8.42 Å². The molecule has 2 aromatic rings. The molecule has 1 heterocycles. The maximum absolute atomic E-state index is 12.6. The van der Waals surface area contributed by atoms with Crippen molar-refractivity contribution in [1.82, 2.24) is 4.31 Å². The molecular weight excluding hydrogens is 362 g/mol. The maximum Gasteiger partial charge on any atom is 0.243 e. The van der Waals surface area contributed by atoms with Crippen LogP contribution in [0, 0.1) is 6.92 Å². The lowest BCUT2D eigenvalue weighted by atomic mass is 10.2. The third-order valence-corrected chi connectivity index (χ3v) is 6.59. The summed E-state index contributed by atoms with van der Waals surface area (Å²) in [6.45, 7) is 3.21. The molecule has 1 fully saturated rings. The number of anilines is 2. The number of carbonyl (C=O) groups excluding carboxylic acids is 1. The van der Waals surface area contributed by atoms with Crippen LogP contribution in [0.3, 0.4) is 0 Å². The van der Waals surface area contributed by atoms with Gasteiger partial charge in [-0.3, -0.25) is 4.79 Å². The summed E-state index contributed by atoms with van der Waals surface area (Å²) in [7, 11) is -3.43. The Morgan fingerprint density at radius 1 is 1.00 bits per heavy atom. The molecular formula is C20H25N3O3S. The zero-order chi connectivity index (χ0) is 19.3. The largest absolute Gasteiger partial charge is 0.376 e. The number of nitrogens with one attached hydrogen (secondary N) is 2. The Morgan fingerprint density at radius 2 is 1.67 bits per heavy atom. The fourth-order valence-electron chi connectivity index (χ4n) is 3.09. The van der Waals surface area contributed by atoms with Gasteiger partial charge >= 0.3 is 0 Å². The Morgan fingerprint density at radius 3 is 2.33 bits per heavy atom. The van der Waals surface area contributed by atoms with Crippen LogP contribution < -0.4 is 10.6 Å². The molecule has 0 aromatic heterocycles. The summed E-state index contributed by atoms with van der Waals surface area (Å²) in [6, 6.07) is 14.1. The minimum absolute atomic E-state index is 0.104. The lowest BCUT2D eigenvalue weighted by Gasteiger charge is -2.25. The first-order valence-electron chi connectivity index (χ1n) is 9.16. The number of aryl methyl sites for hydroxylation is 1. The molecule has 0 radical (unpaired) electrons. The molecule has 7 heteroatoms. The van der Waals surface area contributed by atoms with Gasteiger partial charge in [-0.2, -0.15) is 4.31 Å². The number of amides is 1. The van der Waals surface area contributed by atoms with E-state index < -0.39 is 10.0 Å². The first-order chi connectivity index (χ1) is 13.0. The molecule has 0 unspecified atom stereocenters. The number of hydrogen-bond acceptors (Lipinski definition) is 4. The SMILES string of the molecule is Cc1ccccc1NC(=O)CNc1ccc(S(=O)(=O)N2CCCCC2)cc1. The van der Waals surface area contributed by atoms with Crippen LogP contribution in [0.2, 0.25) is 0 Å². The molecule has 1 aliphatic heterocycles. The summed E-state index contributed by atoms with van der Waals surface area (Å²) in [6.07, 6.45) is 2.91. The summed E-state index contributed by atoms with van der Waals surface area (Å²) in [5, 5.41) is 5.88. The van der Waals surface area contributed by atoms with E-state index in [-0.39, 0.29) is 12.5 Å². The summed E-state index contributed by atoms with van der Waals surface area (Å²) < 4.78 is 26.8. The first kappa shape index (κ1) is 19.4. The fourth-order valence-corrected chi connectivity index (χ4v) is 4.61. The van der Waals surface area contributed by atoms with Crippen molar-refractivity contribution in [2.45, 2.75) is 31.1 Å². The number of nitrogens with zero attached hydrogens (tertiary/aromatic N) is 1. The van der Waals surface area contributed by atoms with E-state index in [1.807, 2.05) is 31.2 Å². The second-order valence-corrected chi connectivity index (χ2v) is 8.64. The number of carbonyl (C=O) groups is 1. The van der Waals surface area contributed by atoms with Crippen LogP contribution in [0.1, 0.15) is 24.8 Å².